The standard InChI is InChI=1S/C36H44BrN9O4S/c1-24(18-25-4-3-5-30(19-25)51(49,50)45-15-10-29(11-16-45)40-35-38-21-28(37)22-39-35)23-44-13-8-26(9-14-44)27-6-7-31-32(20-27)43(2)42-34(31)46-17-12-33(47)41-36(46)48/h3-7,19-22,24,26,29H,8-18,23H2,1-2H3,(H,38,39,40)(H,41,47,48). The van der Waals surface area contributed by atoms with Gasteiger partial charge in [0.2, 0.25) is 21.9 Å². The summed E-state index contributed by atoms with van der Waals surface area (Å²) in [6, 6.07) is 13.6. The number of nitrogens with zero attached hydrogens (tertiary/aromatic N) is 7. The molecule has 0 radical (unpaired) electrons. The highest BCUT2D eigenvalue weighted by atomic mass is 79.9. The summed E-state index contributed by atoms with van der Waals surface area (Å²) in [6.07, 6.45) is 7.94. The lowest BCUT2D eigenvalue weighted by molar-refractivity contribution is -0.120. The van der Waals surface area contributed by atoms with Crippen molar-refractivity contribution in [1.29, 1.82) is 0 Å². The number of amides is 3. The number of fused-ring (bicyclic) bond motifs is 1. The molecule has 13 nitrogen and oxygen atoms in total. The van der Waals surface area contributed by atoms with Crippen molar-refractivity contribution in [2.75, 3.05) is 49.5 Å². The summed E-state index contributed by atoms with van der Waals surface area (Å²) in [5.74, 6) is 1.68. The number of benzene rings is 2. The van der Waals surface area contributed by atoms with Gasteiger partial charge in [-0.2, -0.15) is 9.40 Å². The van der Waals surface area contributed by atoms with Crippen LogP contribution in [0.3, 0.4) is 0 Å². The first kappa shape index (κ1) is 35.5. The second-order valence-electron chi connectivity index (χ2n) is 14.1. The largest absolute Gasteiger partial charge is 0.351 e. The van der Waals surface area contributed by atoms with Gasteiger partial charge in [0, 0.05) is 63.5 Å². The van der Waals surface area contributed by atoms with Crippen LogP contribution < -0.4 is 15.5 Å². The highest BCUT2D eigenvalue weighted by molar-refractivity contribution is 9.10. The molecule has 3 saturated heterocycles. The van der Waals surface area contributed by atoms with Crippen LogP contribution in [-0.4, -0.2) is 94.6 Å². The minimum Gasteiger partial charge on any atom is -0.351 e. The molecular weight excluding hydrogens is 734 g/mol. The number of hydrogen-bond acceptors (Lipinski definition) is 9. The Morgan fingerprint density at radius 3 is 2.45 bits per heavy atom. The van der Waals surface area contributed by atoms with E-state index < -0.39 is 16.1 Å². The summed E-state index contributed by atoms with van der Waals surface area (Å²) in [4.78, 5) is 37.1. The number of piperidine rings is 2. The lowest BCUT2D eigenvalue weighted by Crippen LogP contribution is -2.49. The van der Waals surface area contributed by atoms with Crippen molar-refractivity contribution in [1.82, 2.24) is 34.3 Å². The van der Waals surface area contributed by atoms with E-state index in [0.29, 0.717) is 61.0 Å². The van der Waals surface area contributed by atoms with Crippen LogP contribution in [0.4, 0.5) is 16.6 Å². The lowest BCUT2D eigenvalue weighted by Gasteiger charge is -2.34. The maximum Gasteiger partial charge on any atom is 0.329 e. The monoisotopic (exact) mass is 777 g/mol. The van der Waals surface area contributed by atoms with Crippen molar-refractivity contribution in [3.05, 3.63) is 70.5 Å². The number of rotatable bonds is 10. The number of hydrogen-bond donors (Lipinski definition) is 2. The summed E-state index contributed by atoms with van der Waals surface area (Å²) in [5, 5.41) is 11.2. The van der Waals surface area contributed by atoms with Crippen LogP contribution in [0.5, 0.6) is 0 Å². The lowest BCUT2D eigenvalue weighted by atomic mass is 9.88. The minimum absolute atomic E-state index is 0.123. The Hall–Kier alpha value is -3.92. The first-order chi connectivity index (χ1) is 24.5. The number of sulfonamides is 1. The van der Waals surface area contributed by atoms with E-state index in [1.54, 1.807) is 27.7 Å². The number of urea groups is 1. The van der Waals surface area contributed by atoms with E-state index in [-0.39, 0.29) is 18.4 Å². The second kappa shape index (κ2) is 15.0. The first-order valence-corrected chi connectivity index (χ1v) is 19.9. The molecule has 0 aliphatic carbocycles. The van der Waals surface area contributed by atoms with Crippen molar-refractivity contribution in [3.63, 3.8) is 0 Å². The molecule has 3 fully saturated rings. The maximum atomic E-state index is 13.6. The number of anilines is 2. The third-order valence-electron chi connectivity index (χ3n) is 10.3. The van der Waals surface area contributed by atoms with Gasteiger partial charge in [0.05, 0.1) is 14.9 Å². The molecule has 2 aromatic heterocycles. The van der Waals surface area contributed by atoms with Gasteiger partial charge in [-0.25, -0.2) is 23.2 Å². The van der Waals surface area contributed by atoms with E-state index in [1.165, 1.54) is 5.56 Å². The van der Waals surface area contributed by atoms with Gasteiger partial charge < -0.3 is 10.2 Å². The number of aromatic nitrogens is 4. The molecule has 0 bridgehead atoms. The summed E-state index contributed by atoms with van der Waals surface area (Å²) in [5.41, 5.74) is 3.29. The molecule has 1 unspecified atom stereocenters. The number of nitrogens with one attached hydrogen (secondary N) is 2. The van der Waals surface area contributed by atoms with Crippen LogP contribution >= 0.6 is 15.9 Å². The van der Waals surface area contributed by atoms with Gasteiger partial charge in [-0.05, 0) is 108 Å². The zero-order valence-electron chi connectivity index (χ0n) is 29.0. The van der Waals surface area contributed by atoms with Crippen LogP contribution in [-0.2, 0) is 28.3 Å². The predicted molar refractivity (Wildman–Crippen MR) is 199 cm³/mol. The van der Waals surface area contributed by atoms with Crippen molar-refractivity contribution < 1.29 is 18.0 Å². The van der Waals surface area contributed by atoms with Crippen LogP contribution in [0, 0.1) is 5.92 Å². The van der Waals surface area contributed by atoms with Crippen molar-refractivity contribution >= 4 is 60.6 Å². The summed E-state index contributed by atoms with van der Waals surface area (Å²) >= 11 is 3.35. The van der Waals surface area contributed by atoms with E-state index >= 15 is 0 Å². The molecule has 2 aromatic carbocycles. The van der Waals surface area contributed by atoms with E-state index in [4.69, 9.17) is 0 Å². The molecule has 15 heteroatoms. The molecule has 3 amide bonds. The van der Waals surface area contributed by atoms with Crippen molar-refractivity contribution in [2.24, 2.45) is 13.0 Å². The Kier molecular flexibility index (Phi) is 10.4. The van der Waals surface area contributed by atoms with Gasteiger partial charge in [0.25, 0.3) is 0 Å². The fraction of sp³-hybridized carbons (Fsp3) is 0.472. The molecule has 2 N–H and O–H groups in total. The van der Waals surface area contributed by atoms with Gasteiger partial charge in [0.15, 0.2) is 5.82 Å². The second-order valence-corrected chi connectivity index (χ2v) is 16.9. The molecule has 7 rings (SSSR count). The minimum atomic E-state index is -3.59. The quantitative estimate of drug-likeness (QED) is 0.230. The van der Waals surface area contributed by atoms with Crippen LogP contribution in [0.1, 0.15) is 56.1 Å². The molecule has 0 spiro atoms. The Labute approximate surface area is 307 Å². The Bertz CT molecular complexity index is 2010. The SMILES string of the molecule is CC(Cc1cccc(S(=O)(=O)N2CCC(Nc3ncc(Br)cn3)CC2)c1)CN1CCC(c2ccc3c(N4CCC(=O)NC4=O)nn(C)c3c2)CC1. The fourth-order valence-electron chi connectivity index (χ4n) is 7.62. The number of likely N-dealkylation sites (tertiary alicyclic amines) is 1. The van der Waals surface area contributed by atoms with Gasteiger partial charge in [-0.1, -0.05) is 25.1 Å². The maximum absolute atomic E-state index is 13.6. The third-order valence-corrected chi connectivity index (χ3v) is 12.6. The van der Waals surface area contributed by atoms with Crippen LogP contribution in [0.25, 0.3) is 10.9 Å². The van der Waals surface area contributed by atoms with E-state index in [1.807, 2.05) is 29.9 Å². The number of aryl methyl sites for hydroxylation is 1. The molecule has 3 aliphatic heterocycles. The van der Waals surface area contributed by atoms with E-state index in [0.717, 1.165) is 59.8 Å². The van der Waals surface area contributed by atoms with E-state index in [9.17, 15) is 18.0 Å². The van der Waals surface area contributed by atoms with Gasteiger partial charge in [-0.3, -0.25) is 19.7 Å². The number of halogens is 1. The van der Waals surface area contributed by atoms with Gasteiger partial charge >= 0.3 is 6.03 Å². The van der Waals surface area contributed by atoms with Crippen molar-refractivity contribution in [3.8, 4) is 0 Å². The predicted octanol–water partition coefficient (Wildman–Crippen LogP) is 4.90. The smallest absolute Gasteiger partial charge is 0.329 e. The van der Waals surface area contributed by atoms with Crippen molar-refractivity contribution in [2.45, 2.75) is 62.3 Å². The first-order valence-electron chi connectivity index (χ1n) is 17.7. The highest BCUT2D eigenvalue weighted by Gasteiger charge is 2.31. The Morgan fingerprint density at radius 1 is 0.980 bits per heavy atom. The zero-order chi connectivity index (χ0) is 35.7. The molecule has 0 saturated carbocycles. The van der Waals surface area contributed by atoms with Gasteiger partial charge in [0.1, 0.15) is 0 Å². The molecule has 270 valence electrons. The number of carbonyl (C=O) groups is 2. The molecule has 1 atom stereocenters. The normalized spacial score (nSPS) is 19.4. The molecule has 5 heterocycles. The Morgan fingerprint density at radius 2 is 1.73 bits per heavy atom. The number of carbonyl (C=O) groups excluding carboxylic acids is 2. The highest BCUT2D eigenvalue weighted by Crippen LogP contribution is 2.34. The Balaban J connectivity index is 0.905. The molecule has 3 aliphatic rings. The van der Waals surface area contributed by atoms with Crippen LogP contribution in [0.2, 0.25) is 0 Å². The topological polar surface area (TPSA) is 146 Å². The summed E-state index contributed by atoms with van der Waals surface area (Å²) in [6.45, 7) is 6.42. The molecular formula is C36H44BrN9O4S. The zero-order valence-corrected chi connectivity index (χ0v) is 31.4. The fourth-order valence-corrected chi connectivity index (χ4v) is 9.37. The average molecular weight is 779 g/mol. The third kappa shape index (κ3) is 7.96. The molecule has 51 heavy (non-hydrogen) atoms. The van der Waals surface area contributed by atoms with Gasteiger partial charge in [-0.15, -0.1) is 0 Å². The number of imide groups is 1. The summed E-state index contributed by atoms with van der Waals surface area (Å²) < 4.78 is 31.5. The average Bonchev–Trinajstić information content (AvgIpc) is 3.45. The van der Waals surface area contributed by atoms with Crippen LogP contribution in [0.15, 0.2) is 64.2 Å². The van der Waals surface area contributed by atoms with E-state index in [2.05, 4.69) is 71.7 Å². The molecule has 4 aromatic rings. The summed E-state index contributed by atoms with van der Waals surface area (Å²) in [7, 11) is -1.70.